The number of ether oxygens (including phenoxy) is 1. The predicted molar refractivity (Wildman–Crippen MR) is 113 cm³/mol. The number of hydrogen-bond acceptors (Lipinski definition) is 3. The van der Waals surface area contributed by atoms with Gasteiger partial charge in [0.1, 0.15) is 5.75 Å². The van der Waals surface area contributed by atoms with Gasteiger partial charge in [-0.1, -0.05) is 41.4 Å². The van der Waals surface area contributed by atoms with Gasteiger partial charge in [-0.25, -0.2) is 0 Å². The third-order valence-corrected chi connectivity index (χ3v) is 5.27. The second kappa shape index (κ2) is 9.18. The molecule has 0 aromatic heterocycles. The molecule has 6 heteroatoms. The van der Waals surface area contributed by atoms with E-state index in [9.17, 15) is 4.79 Å². The maximum absolute atomic E-state index is 12.6. The molecule has 0 heterocycles. The minimum atomic E-state index is -0.310. The largest absolute Gasteiger partial charge is 0.455 e. The Morgan fingerprint density at radius 1 is 0.963 bits per heavy atom. The lowest BCUT2D eigenvalue weighted by atomic mass is 10.2. The van der Waals surface area contributed by atoms with E-state index in [2.05, 4.69) is 5.32 Å². The zero-order valence-corrected chi connectivity index (χ0v) is 16.8. The van der Waals surface area contributed by atoms with Crippen molar-refractivity contribution >= 4 is 46.6 Å². The number of benzene rings is 3. The molecule has 1 N–H and O–H groups in total. The molecule has 0 aliphatic heterocycles. The summed E-state index contributed by atoms with van der Waals surface area (Å²) in [6.07, 6.45) is 0. The third-order valence-electron chi connectivity index (χ3n) is 3.67. The smallest absolute Gasteiger partial charge is 0.237 e. The van der Waals surface area contributed by atoms with Gasteiger partial charge in [0.05, 0.1) is 10.9 Å². The summed E-state index contributed by atoms with van der Waals surface area (Å²) in [6.45, 7) is 1.84. The summed E-state index contributed by atoms with van der Waals surface area (Å²) in [5, 5.41) is 3.78. The van der Waals surface area contributed by atoms with Gasteiger partial charge >= 0.3 is 0 Å². The monoisotopic (exact) mass is 417 g/mol. The number of rotatable bonds is 6. The van der Waals surface area contributed by atoms with Crippen molar-refractivity contribution in [2.75, 3.05) is 5.32 Å². The highest BCUT2D eigenvalue weighted by molar-refractivity contribution is 8.00. The van der Waals surface area contributed by atoms with Crippen molar-refractivity contribution in [3.8, 4) is 11.5 Å². The van der Waals surface area contributed by atoms with Gasteiger partial charge < -0.3 is 10.1 Å². The molecule has 3 aromatic rings. The molecule has 0 fully saturated rings. The fraction of sp³-hybridized carbons (Fsp3) is 0.0952. The Bertz CT molecular complexity index is 917. The zero-order valence-electron chi connectivity index (χ0n) is 14.5. The minimum absolute atomic E-state index is 0.143. The van der Waals surface area contributed by atoms with Gasteiger partial charge in [0, 0.05) is 14.9 Å². The average Bonchev–Trinajstić information content (AvgIpc) is 2.66. The zero-order chi connectivity index (χ0) is 19.2. The number of anilines is 1. The van der Waals surface area contributed by atoms with Crippen LogP contribution in [0.3, 0.4) is 0 Å². The SMILES string of the molecule is C[C@H](Sc1ccc(Cl)cc1)C(=O)Nc1cc(Cl)ccc1Oc1ccccc1. The van der Waals surface area contributed by atoms with Crippen molar-refractivity contribution in [2.24, 2.45) is 0 Å². The van der Waals surface area contributed by atoms with E-state index in [0.29, 0.717) is 27.2 Å². The molecule has 1 amide bonds. The second-order valence-electron chi connectivity index (χ2n) is 5.76. The Labute approximate surface area is 172 Å². The Hall–Kier alpha value is -2.14. The molecule has 0 aliphatic rings. The van der Waals surface area contributed by atoms with E-state index in [1.165, 1.54) is 11.8 Å². The van der Waals surface area contributed by atoms with Crippen LogP contribution in [0.1, 0.15) is 6.92 Å². The van der Waals surface area contributed by atoms with Gasteiger partial charge in [0.15, 0.2) is 5.75 Å². The van der Waals surface area contributed by atoms with Crippen LogP contribution in [0.25, 0.3) is 0 Å². The highest BCUT2D eigenvalue weighted by Gasteiger charge is 2.17. The highest BCUT2D eigenvalue weighted by atomic mass is 35.5. The Kier molecular flexibility index (Phi) is 6.67. The van der Waals surface area contributed by atoms with Crippen LogP contribution in [-0.2, 0) is 4.79 Å². The molecule has 3 nitrogen and oxygen atoms in total. The molecule has 0 radical (unpaired) electrons. The van der Waals surface area contributed by atoms with Crippen LogP contribution < -0.4 is 10.1 Å². The number of carbonyl (C=O) groups is 1. The first-order chi connectivity index (χ1) is 13.0. The number of halogens is 2. The van der Waals surface area contributed by atoms with Crippen molar-refractivity contribution in [3.63, 3.8) is 0 Å². The Morgan fingerprint density at radius 3 is 2.33 bits per heavy atom. The van der Waals surface area contributed by atoms with Gasteiger partial charge in [-0.05, 0) is 61.5 Å². The molecule has 0 saturated carbocycles. The molecule has 27 heavy (non-hydrogen) atoms. The maximum Gasteiger partial charge on any atom is 0.237 e. The van der Waals surface area contributed by atoms with E-state index < -0.39 is 0 Å². The minimum Gasteiger partial charge on any atom is -0.455 e. The van der Waals surface area contributed by atoms with Gasteiger partial charge in [-0.15, -0.1) is 11.8 Å². The normalized spacial score (nSPS) is 11.7. The van der Waals surface area contributed by atoms with Crippen molar-refractivity contribution in [2.45, 2.75) is 17.1 Å². The van der Waals surface area contributed by atoms with Crippen LogP contribution in [-0.4, -0.2) is 11.2 Å². The first kappa shape index (κ1) is 19.6. The molecule has 0 spiro atoms. The predicted octanol–water partition coefficient (Wildman–Crippen LogP) is 6.91. The lowest BCUT2D eigenvalue weighted by Crippen LogP contribution is -2.22. The standard InChI is InChI=1S/C21H17Cl2NO2S/c1-14(27-18-10-7-15(22)8-11-18)21(25)24-19-13-16(23)9-12-20(19)26-17-5-3-2-4-6-17/h2-14H,1H3,(H,24,25)/t14-/m0/s1. The van der Waals surface area contributed by atoms with E-state index in [-0.39, 0.29) is 11.2 Å². The summed E-state index contributed by atoms with van der Waals surface area (Å²) >= 11 is 13.5. The Morgan fingerprint density at radius 2 is 1.63 bits per heavy atom. The molecule has 138 valence electrons. The average molecular weight is 418 g/mol. The van der Waals surface area contributed by atoms with Crippen LogP contribution in [0.2, 0.25) is 10.0 Å². The molecule has 0 bridgehead atoms. The van der Waals surface area contributed by atoms with Crippen LogP contribution in [0.15, 0.2) is 77.7 Å². The van der Waals surface area contributed by atoms with Crippen LogP contribution >= 0.6 is 35.0 Å². The van der Waals surface area contributed by atoms with Crippen molar-refractivity contribution in [1.29, 1.82) is 0 Å². The molecular weight excluding hydrogens is 401 g/mol. The maximum atomic E-state index is 12.6. The first-order valence-electron chi connectivity index (χ1n) is 8.27. The second-order valence-corrected chi connectivity index (χ2v) is 8.05. The number of hydrogen-bond donors (Lipinski definition) is 1. The lowest BCUT2D eigenvalue weighted by molar-refractivity contribution is -0.115. The number of thioether (sulfide) groups is 1. The fourth-order valence-electron chi connectivity index (χ4n) is 2.31. The van der Waals surface area contributed by atoms with Crippen molar-refractivity contribution in [1.82, 2.24) is 0 Å². The first-order valence-corrected chi connectivity index (χ1v) is 9.90. The number of carbonyl (C=O) groups excluding carboxylic acids is 1. The van der Waals surface area contributed by atoms with Crippen LogP contribution in [0.4, 0.5) is 5.69 Å². The number of amides is 1. The van der Waals surface area contributed by atoms with E-state index in [4.69, 9.17) is 27.9 Å². The van der Waals surface area contributed by atoms with Crippen LogP contribution in [0, 0.1) is 0 Å². The highest BCUT2D eigenvalue weighted by Crippen LogP contribution is 2.33. The lowest BCUT2D eigenvalue weighted by Gasteiger charge is -2.15. The van der Waals surface area contributed by atoms with Crippen LogP contribution in [0.5, 0.6) is 11.5 Å². The van der Waals surface area contributed by atoms with E-state index in [1.54, 1.807) is 30.3 Å². The summed E-state index contributed by atoms with van der Waals surface area (Å²) < 4.78 is 5.88. The van der Waals surface area contributed by atoms with E-state index >= 15 is 0 Å². The third kappa shape index (κ3) is 5.67. The van der Waals surface area contributed by atoms with Gasteiger partial charge in [-0.2, -0.15) is 0 Å². The molecule has 1 atom stereocenters. The van der Waals surface area contributed by atoms with Gasteiger partial charge in [0.25, 0.3) is 0 Å². The van der Waals surface area contributed by atoms with Crippen molar-refractivity contribution < 1.29 is 9.53 Å². The molecule has 0 saturated heterocycles. The van der Waals surface area contributed by atoms with Crippen molar-refractivity contribution in [3.05, 3.63) is 82.8 Å². The molecule has 3 rings (SSSR count). The number of nitrogens with one attached hydrogen (secondary N) is 1. The van der Waals surface area contributed by atoms with E-state index in [0.717, 1.165) is 4.90 Å². The molecule has 0 unspecified atom stereocenters. The molecular formula is C21H17Cl2NO2S. The van der Waals surface area contributed by atoms with E-state index in [1.807, 2.05) is 49.4 Å². The quantitative estimate of drug-likeness (QED) is 0.442. The fourth-order valence-corrected chi connectivity index (χ4v) is 3.48. The number of para-hydroxylation sites is 1. The topological polar surface area (TPSA) is 38.3 Å². The molecule has 3 aromatic carbocycles. The summed E-state index contributed by atoms with van der Waals surface area (Å²) in [7, 11) is 0. The summed E-state index contributed by atoms with van der Waals surface area (Å²) in [5.74, 6) is 1.07. The van der Waals surface area contributed by atoms with Gasteiger partial charge in [0.2, 0.25) is 5.91 Å². The summed E-state index contributed by atoms with van der Waals surface area (Å²) in [4.78, 5) is 13.6. The molecule has 0 aliphatic carbocycles. The summed E-state index contributed by atoms with van der Waals surface area (Å²) in [5.41, 5.74) is 0.528. The Balaban J connectivity index is 1.72. The summed E-state index contributed by atoms with van der Waals surface area (Å²) in [6, 6.07) is 21.9. The van der Waals surface area contributed by atoms with Gasteiger partial charge in [-0.3, -0.25) is 4.79 Å².